The molecule has 1 atom stereocenters. The lowest BCUT2D eigenvalue weighted by Crippen LogP contribution is -2.19. The van der Waals surface area contributed by atoms with E-state index in [1.165, 1.54) is 0 Å². The average Bonchev–Trinajstić information content (AvgIpc) is 2.53. The standard InChI is InChI=1S/C10H12ClN3/c1-7(12-2)14-9(11)6-8-4-3-5-13-10(8)14/h3-7,12H,1-2H3. The van der Waals surface area contributed by atoms with Crippen LogP contribution in [0.5, 0.6) is 0 Å². The third-order valence-electron chi connectivity index (χ3n) is 2.35. The number of pyridine rings is 1. The summed E-state index contributed by atoms with van der Waals surface area (Å²) in [5, 5.41) is 4.92. The van der Waals surface area contributed by atoms with E-state index in [4.69, 9.17) is 11.6 Å². The van der Waals surface area contributed by atoms with Crippen molar-refractivity contribution in [1.29, 1.82) is 0 Å². The lowest BCUT2D eigenvalue weighted by Gasteiger charge is -2.14. The summed E-state index contributed by atoms with van der Waals surface area (Å²) in [6.45, 7) is 2.04. The van der Waals surface area contributed by atoms with E-state index in [2.05, 4.69) is 10.3 Å². The SMILES string of the molecule is CNC(C)n1c(Cl)cc2cccnc21. The minimum atomic E-state index is 0.148. The van der Waals surface area contributed by atoms with Crippen molar-refractivity contribution in [2.45, 2.75) is 13.1 Å². The fourth-order valence-electron chi connectivity index (χ4n) is 1.52. The van der Waals surface area contributed by atoms with Crippen molar-refractivity contribution in [2.75, 3.05) is 7.05 Å². The molecule has 1 unspecified atom stereocenters. The summed E-state index contributed by atoms with van der Waals surface area (Å²) in [6, 6.07) is 5.85. The van der Waals surface area contributed by atoms with Gasteiger partial charge in [0.15, 0.2) is 0 Å². The van der Waals surface area contributed by atoms with Crippen LogP contribution in [0.25, 0.3) is 11.0 Å². The van der Waals surface area contributed by atoms with Crippen molar-refractivity contribution in [3.8, 4) is 0 Å². The first kappa shape index (κ1) is 9.49. The van der Waals surface area contributed by atoms with E-state index < -0.39 is 0 Å². The topological polar surface area (TPSA) is 29.9 Å². The number of hydrogen-bond acceptors (Lipinski definition) is 2. The summed E-state index contributed by atoms with van der Waals surface area (Å²) in [4.78, 5) is 4.31. The van der Waals surface area contributed by atoms with Crippen molar-refractivity contribution in [1.82, 2.24) is 14.9 Å². The van der Waals surface area contributed by atoms with Crippen molar-refractivity contribution < 1.29 is 0 Å². The Kier molecular flexibility index (Phi) is 2.44. The van der Waals surface area contributed by atoms with Crippen molar-refractivity contribution in [3.05, 3.63) is 29.5 Å². The molecule has 0 aliphatic carbocycles. The van der Waals surface area contributed by atoms with Crippen LogP contribution in [-0.4, -0.2) is 16.6 Å². The van der Waals surface area contributed by atoms with E-state index in [9.17, 15) is 0 Å². The van der Waals surface area contributed by atoms with Gasteiger partial charge in [-0.2, -0.15) is 0 Å². The molecule has 0 saturated carbocycles. The van der Waals surface area contributed by atoms with Crippen LogP contribution in [0.15, 0.2) is 24.4 Å². The molecule has 0 fully saturated rings. The molecular formula is C10H12ClN3. The summed E-state index contributed by atoms with van der Waals surface area (Å²) in [5.41, 5.74) is 0.916. The molecule has 74 valence electrons. The predicted molar refractivity (Wildman–Crippen MR) is 58.5 cm³/mol. The molecule has 0 aliphatic heterocycles. The molecular weight excluding hydrogens is 198 g/mol. The molecule has 0 bridgehead atoms. The molecule has 2 rings (SSSR count). The normalized spacial score (nSPS) is 13.4. The Hall–Kier alpha value is -1.06. The molecule has 3 nitrogen and oxygen atoms in total. The van der Waals surface area contributed by atoms with Gasteiger partial charge >= 0.3 is 0 Å². The quantitative estimate of drug-likeness (QED) is 0.824. The second kappa shape index (κ2) is 3.59. The van der Waals surface area contributed by atoms with E-state index in [0.717, 1.165) is 11.0 Å². The van der Waals surface area contributed by atoms with Gasteiger partial charge in [0.05, 0.1) is 6.17 Å². The van der Waals surface area contributed by atoms with Crippen LogP contribution in [0.3, 0.4) is 0 Å². The van der Waals surface area contributed by atoms with Gasteiger partial charge in [0, 0.05) is 11.6 Å². The Morgan fingerprint density at radius 2 is 2.36 bits per heavy atom. The van der Waals surface area contributed by atoms with Crippen LogP contribution in [0.4, 0.5) is 0 Å². The van der Waals surface area contributed by atoms with Gasteiger partial charge in [0.2, 0.25) is 0 Å². The molecule has 0 saturated heterocycles. The second-order valence-corrected chi connectivity index (χ2v) is 3.61. The van der Waals surface area contributed by atoms with E-state index in [0.29, 0.717) is 5.15 Å². The third kappa shape index (κ3) is 1.38. The molecule has 4 heteroatoms. The molecule has 0 amide bonds. The molecule has 0 radical (unpaired) electrons. The maximum Gasteiger partial charge on any atom is 0.142 e. The van der Waals surface area contributed by atoms with E-state index in [1.54, 1.807) is 6.20 Å². The zero-order valence-corrected chi connectivity index (χ0v) is 8.92. The Bertz CT molecular complexity index is 450. The maximum absolute atomic E-state index is 6.12. The summed E-state index contributed by atoms with van der Waals surface area (Å²) in [7, 11) is 1.90. The van der Waals surface area contributed by atoms with Gasteiger partial charge in [-0.1, -0.05) is 11.6 Å². The summed E-state index contributed by atoms with van der Waals surface area (Å²) in [5.74, 6) is 0. The van der Waals surface area contributed by atoms with Crippen LogP contribution >= 0.6 is 11.6 Å². The Morgan fingerprint density at radius 1 is 1.57 bits per heavy atom. The number of aromatic nitrogens is 2. The smallest absolute Gasteiger partial charge is 0.142 e. The van der Waals surface area contributed by atoms with Gasteiger partial charge in [0.1, 0.15) is 10.8 Å². The van der Waals surface area contributed by atoms with Gasteiger partial charge in [-0.05, 0) is 32.2 Å². The molecule has 2 heterocycles. The van der Waals surface area contributed by atoms with Gasteiger partial charge in [-0.3, -0.25) is 0 Å². The van der Waals surface area contributed by atoms with Crippen LogP contribution in [-0.2, 0) is 0 Å². The Labute approximate surface area is 87.7 Å². The van der Waals surface area contributed by atoms with E-state index in [1.807, 2.05) is 36.7 Å². The Balaban J connectivity index is 2.67. The average molecular weight is 210 g/mol. The van der Waals surface area contributed by atoms with Crippen LogP contribution < -0.4 is 5.32 Å². The van der Waals surface area contributed by atoms with Gasteiger partial charge in [-0.15, -0.1) is 0 Å². The largest absolute Gasteiger partial charge is 0.300 e. The predicted octanol–water partition coefficient (Wildman–Crippen LogP) is 2.43. The lowest BCUT2D eigenvalue weighted by atomic mass is 10.3. The number of hydrogen-bond donors (Lipinski definition) is 1. The highest BCUT2D eigenvalue weighted by atomic mass is 35.5. The highest BCUT2D eigenvalue weighted by Crippen LogP contribution is 2.24. The number of fused-ring (bicyclic) bond motifs is 1. The van der Waals surface area contributed by atoms with Crippen molar-refractivity contribution >= 4 is 22.6 Å². The van der Waals surface area contributed by atoms with Gasteiger partial charge in [0.25, 0.3) is 0 Å². The summed E-state index contributed by atoms with van der Waals surface area (Å²) >= 11 is 6.12. The third-order valence-corrected chi connectivity index (χ3v) is 2.65. The molecule has 2 aromatic rings. The van der Waals surface area contributed by atoms with Crippen LogP contribution in [0.1, 0.15) is 13.1 Å². The Morgan fingerprint density at radius 3 is 3.07 bits per heavy atom. The van der Waals surface area contributed by atoms with E-state index >= 15 is 0 Å². The fourth-order valence-corrected chi connectivity index (χ4v) is 1.86. The zero-order chi connectivity index (χ0) is 10.1. The monoisotopic (exact) mass is 209 g/mol. The first-order valence-corrected chi connectivity index (χ1v) is 4.90. The zero-order valence-electron chi connectivity index (χ0n) is 8.16. The second-order valence-electron chi connectivity index (χ2n) is 3.22. The highest BCUT2D eigenvalue weighted by molar-refractivity contribution is 6.30. The summed E-state index contributed by atoms with van der Waals surface area (Å²) in [6.07, 6.45) is 1.92. The highest BCUT2D eigenvalue weighted by Gasteiger charge is 2.11. The minimum Gasteiger partial charge on any atom is -0.300 e. The van der Waals surface area contributed by atoms with E-state index in [-0.39, 0.29) is 6.17 Å². The van der Waals surface area contributed by atoms with Gasteiger partial charge < -0.3 is 9.88 Å². The molecule has 2 aromatic heterocycles. The number of nitrogens with one attached hydrogen (secondary N) is 1. The fraction of sp³-hybridized carbons (Fsp3) is 0.300. The van der Waals surface area contributed by atoms with Crippen LogP contribution in [0.2, 0.25) is 5.15 Å². The van der Waals surface area contributed by atoms with Crippen molar-refractivity contribution in [2.24, 2.45) is 0 Å². The number of halogens is 1. The first-order chi connectivity index (χ1) is 6.74. The number of rotatable bonds is 2. The molecule has 14 heavy (non-hydrogen) atoms. The molecule has 0 aromatic carbocycles. The number of nitrogens with zero attached hydrogens (tertiary/aromatic N) is 2. The van der Waals surface area contributed by atoms with Crippen molar-refractivity contribution in [3.63, 3.8) is 0 Å². The maximum atomic E-state index is 6.12. The van der Waals surface area contributed by atoms with Gasteiger partial charge in [-0.25, -0.2) is 4.98 Å². The molecule has 0 aliphatic rings. The first-order valence-electron chi connectivity index (χ1n) is 4.52. The lowest BCUT2D eigenvalue weighted by molar-refractivity contribution is 0.489. The summed E-state index contributed by atoms with van der Waals surface area (Å²) < 4.78 is 1.97. The minimum absolute atomic E-state index is 0.148. The molecule has 0 spiro atoms. The molecule has 1 N–H and O–H groups in total. The van der Waals surface area contributed by atoms with Crippen LogP contribution in [0, 0.1) is 0 Å².